The van der Waals surface area contributed by atoms with Gasteiger partial charge in [-0.25, -0.2) is 0 Å². The van der Waals surface area contributed by atoms with Gasteiger partial charge in [0.1, 0.15) is 0 Å². The van der Waals surface area contributed by atoms with Crippen LogP contribution in [0.25, 0.3) is 0 Å². The van der Waals surface area contributed by atoms with E-state index in [0.717, 1.165) is 10.6 Å². The van der Waals surface area contributed by atoms with E-state index in [1.807, 2.05) is 24.3 Å². The summed E-state index contributed by atoms with van der Waals surface area (Å²) >= 11 is 4.14. The average Bonchev–Trinajstić information content (AvgIpc) is 2.16. The van der Waals surface area contributed by atoms with Gasteiger partial charge in [-0.1, -0.05) is 0 Å². The fourth-order valence-corrected chi connectivity index (χ4v) is 1.03. The van der Waals surface area contributed by atoms with Crippen molar-refractivity contribution in [1.82, 2.24) is 0 Å². The van der Waals surface area contributed by atoms with E-state index in [4.69, 9.17) is 10.2 Å². The first-order chi connectivity index (χ1) is 6.22. The largest absolute Gasteiger partial charge is 0.394 e. The summed E-state index contributed by atoms with van der Waals surface area (Å²) in [4.78, 5) is 0.897. The van der Waals surface area contributed by atoms with Crippen LogP contribution in [0.5, 0.6) is 0 Å². The van der Waals surface area contributed by atoms with Crippen LogP contribution in [0.3, 0.4) is 0 Å². The lowest BCUT2D eigenvalue weighted by Crippen LogP contribution is -2.22. The van der Waals surface area contributed by atoms with Crippen molar-refractivity contribution in [3.8, 4) is 0 Å². The van der Waals surface area contributed by atoms with E-state index < -0.39 is 6.10 Å². The smallest absolute Gasteiger partial charge is 0.0942 e. The molecule has 13 heavy (non-hydrogen) atoms. The van der Waals surface area contributed by atoms with Crippen molar-refractivity contribution in [2.45, 2.75) is 11.0 Å². The second-order valence-electron chi connectivity index (χ2n) is 2.76. The van der Waals surface area contributed by atoms with E-state index in [-0.39, 0.29) is 6.61 Å². The van der Waals surface area contributed by atoms with Crippen LogP contribution in [0, 0.1) is 0 Å². The van der Waals surface area contributed by atoms with Crippen LogP contribution < -0.4 is 5.32 Å². The number of anilines is 1. The number of hydrogen-bond acceptors (Lipinski definition) is 4. The first-order valence-corrected chi connectivity index (χ1v) is 4.49. The van der Waals surface area contributed by atoms with Gasteiger partial charge >= 0.3 is 0 Å². The number of aliphatic hydroxyl groups excluding tert-OH is 2. The number of nitrogens with one attached hydrogen (secondary N) is 1. The van der Waals surface area contributed by atoms with Gasteiger partial charge in [0.15, 0.2) is 0 Å². The Kier molecular flexibility index (Phi) is 4.08. The van der Waals surface area contributed by atoms with E-state index in [2.05, 4.69) is 17.9 Å². The summed E-state index contributed by atoms with van der Waals surface area (Å²) in [6, 6.07) is 7.45. The van der Waals surface area contributed by atoms with Crippen LogP contribution in [0.1, 0.15) is 0 Å². The third-order valence-electron chi connectivity index (χ3n) is 1.62. The second kappa shape index (κ2) is 5.11. The highest BCUT2D eigenvalue weighted by molar-refractivity contribution is 7.80. The fraction of sp³-hybridized carbons (Fsp3) is 0.333. The van der Waals surface area contributed by atoms with Crippen LogP contribution in [-0.4, -0.2) is 29.5 Å². The Bertz CT molecular complexity index is 250. The number of thiol groups is 1. The van der Waals surface area contributed by atoms with E-state index in [1.165, 1.54) is 0 Å². The number of hydrogen-bond donors (Lipinski definition) is 4. The molecular formula is C9H13NO2S. The maximum atomic E-state index is 9.05. The van der Waals surface area contributed by atoms with Crippen molar-refractivity contribution in [2.75, 3.05) is 18.5 Å². The molecule has 0 spiro atoms. The minimum absolute atomic E-state index is 0.225. The van der Waals surface area contributed by atoms with Crippen LogP contribution in [0.2, 0.25) is 0 Å². The molecule has 3 nitrogen and oxygen atoms in total. The minimum Gasteiger partial charge on any atom is -0.394 e. The monoisotopic (exact) mass is 199 g/mol. The molecule has 72 valence electrons. The molecule has 3 N–H and O–H groups in total. The Hall–Kier alpha value is -0.710. The molecule has 1 atom stereocenters. The molecule has 0 saturated heterocycles. The highest BCUT2D eigenvalue weighted by Crippen LogP contribution is 2.11. The van der Waals surface area contributed by atoms with E-state index >= 15 is 0 Å². The van der Waals surface area contributed by atoms with Crippen molar-refractivity contribution in [1.29, 1.82) is 0 Å². The quantitative estimate of drug-likeness (QED) is 0.541. The van der Waals surface area contributed by atoms with Crippen LogP contribution in [0.4, 0.5) is 5.69 Å². The molecule has 0 aliphatic rings. The topological polar surface area (TPSA) is 52.5 Å². The summed E-state index contributed by atoms with van der Waals surface area (Å²) in [5, 5.41) is 20.6. The summed E-state index contributed by atoms with van der Waals surface area (Å²) in [5.41, 5.74) is 0.908. The Labute approximate surface area is 82.8 Å². The molecular weight excluding hydrogens is 186 g/mol. The first kappa shape index (κ1) is 10.4. The lowest BCUT2D eigenvalue weighted by atomic mass is 10.3. The predicted molar refractivity (Wildman–Crippen MR) is 55.3 cm³/mol. The third kappa shape index (κ3) is 3.67. The maximum Gasteiger partial charge on any atom is 0.0942 e. The second-order valence-corrected chi connectivity index (χ2v) is 3.28. The fourth-order valence-electron chi connectivity index (χ4n) is 0.879. The standard InChI is InChI=1S/C9H13NO2S/c11-6-8(12)5-10-7-1-3-9(13)4-2-7/h1-4,8,10-13H,5-6H2. The summed E-state index contributed by atoms with van der Waals surface area (Å²) in [6.45, 7) is 0.125. The molecule has 0 heterocycles. The molecule has 4 heteroatoms. The molecule has 1 rings (SSSR count). The zero-order valence-electron chi connectivity index (χ0n) is 7.14. The van der Waals surface area contributed by atoms with Crippen molar-refractivity contribution < 1.29 is 10.2 Å². The van der Waals surface area contributed by atoms with Crippen LogP contribution in [0.15, 0.2) is 29.2 Å². The van der Waals surface area contributed by atoms with E-state index in [1.54, 1.807) is 0 Å². The molecule has 0 aromatic heterocycles. The molecule has 0 radical (unpaired) electrons. The van der Waals surface area contributed by atoms with Gasteiger partial charge in [0, 0.05) is 17.1 Å². The molecule has 0 aliphatic heterocycles. The van der Waals surface area contributed by atoms with Crippen molar-refractivity contribution in [3.63, 3.8) is 0 Å². The van der Waals surface area contributed by atoms with E-state index in [9.17, 15) is 0 Å². The SMILES string of the molecule is OCC(O)CNc1ccc(S)cc1. The summed E-state index contributed by atoms with van der Waals surface area (Å²) < 4.78 is 0. The average molecular weight is 199 g/mol. The molecule has 1 aromatic carbocycles. The van der Waals surface area contributed by atoms with E-state index in [0.29, 0.717) is 6.54 Å². The van der Waals surface area contributed by atoms with Crippen LogP contribution >= 0.6 is 12.6 Å². The van der Waals surface area contributed by atoms with Gasteiger partial charge in [-0.15, -0.1) is 12.6 Å². The number of benzene rings is 1. The first-order valence-electron chi connectivity index (χ1n) is 4.04. The van der Waals surface area contributed by atoms with Crippen molar-refractivity contribution in [3.05, 3.63) is 24.3 Å². The summed E-state index contributed by atoms with van der Waals surface area (Å²) in [6.07, 6.45) is -0.712. The maximum absolute atomic E-state index is 9.05. The molecule has 0 amide bonds. The van der Waals surface area contributed by atoms with Gasteiger partial charge in [0.2, 0.25) is 0 Å². The lowest BCUT2D eigenvalue weighted by Gasteiger charge is -2.09. The molecule has 0 saturated carbocycles. The zero-order valence-corrected chi connectivity index (χ0v) is 8.04. The number of rotatable bonds is 4. The van der Waals surface area contributed by atoms with Gasteiger partial charge in [-0.3, -0.25) is 0 Å². The van der Waals surface area contributed by atoms with Crippen LogP contribution in [-0.2, 0) is 0 Å². The Morgan fingerprint density at radius 1 is 1.31 bits per heavy atom. The Balaban J connectivity index is 2.41. The minimum atomic E-state index is -0.712. The zero-order chi connectivity index (χ0) is 9.68. The molecule has 1 unspecified atom stereocenters. The van der Waals surface area contributed by atoms with Gasteiger partial charge in [0.05, 0.1) is 12.7 Å². The Morgan fingerprint density at radius 3 is 2.46 bits per heavy atom. The molecule has 0 fully saturated rings. The Morgan fingerprint density at radius 2 is 1.92 bits per heavy atom. The van der Waals surface area contributed by atoms with Crippen molar-refractivity contribution in [2.24, 2.45) is 0 Å². The van der Waals surface area contributed by atoms with Gasteiger partial charge in [-0.05, 0) is 24.3 Å². The number of aliphatic hydroxyl groups is 2. The predicted octanol–water partition coefficient (Wildman–Crippen LogP) is 0.740. The van der Waals surface area contributed by atoms with Gasteiger partial charge in [0.25, 0.3) is 0 Å². The normalized spacial score (nSPS) is 12.5. The lowest BCUT2D eigenvalue weighted by molar-refractivity contribution is 0.105. The molecule has 0 aliphatic carbocycles. The highest BCUT2D eigenvalue weighted by atomic mass is 32.1. The summed E-state index contributed by atoms with van der Waals surface area (Å²) in [7, 11) is 0. The molecule has 0 bridgehead atoms. The summed E-state index contributed by atoms with van der Waals surface area (Å²) in [5.74, 6) is 0. The molecule has 1 aromatic rings. The van der Waals surface area contributed by atoms with Gasteiger partial charge < -0.3 is 15.5 Å². The highest BCUT2D eigenvalue weighted by Gasteiger charge is 2.00. The van der Waals surface area contributed by atoms with Gasteiger partial charge in [-0.2, -0.15) is 0 Å². The van der Waals surface area contributed by atoms with Crippen molar-refractivity contribution >= 4 is 18.3 Å². The third-order valence-corrected chi connectivity index (χ3v) is 1.92.